The van der Waals surface area contributed by atoms with Crippen molar-refractivity contribution < 1.29 is 4.79 Å². The molecular weight excluding hydrogens is 194 g/mol. The van der Waals surface area contributed by atoms with E-state index in [1.165, 1.54) is 12.4 Å². The van der Waals surface area contributed by atoms with E-state index in [4.69, 9.17) is 5.73 Å². The van der Waals surface area contributed by atoms with Crippen molar-refractivity contribution in [3.8, 4) is 0 Å². The quantitative estimate of drug-likeness (QED) is 0.728. The number of hydrogen-bond acceptors (Lipinski definition) is 5. The number of nitrogens with zero attached hydrogens (tertiary/aromatic N) is 3. The molecule has 0 bridgehead atoms. The van der Waals surface area contributed by atoms with Gasteiger partial charge in [0.15, 0.2) is 0 Å². The van der Waals surface area contributed by atoms with Gasteiger partial charge in [-0.05, 0) is 6.42 Å². The summed E-state index contributed by atoms with van der Waals surface area (Å²) in [5.74, 6) is -0.0779. The van der Waals surface area contributed by atoms with Crippen LogP contribution in [-0.2, 0) is 4.79 Å². The van der Waals surface area contributed by atoms with Gasteiger partial charge in [0, 0.05) is 0 Å². The van der Waals surface area contributed by atoms with E-state index >= 15 is 0 Å². The zero-order valence-electron chi connectivity index (χ0n) is 8.68. The summed E-state index contributed by atoms with van der Waals surface area (Å²) in [6.07, 6.45) is 5.52. The van der Waals surface area contributed by atoms with Crippen LogP contribution in [0.3, 0.4) is 0 Å². The zero-order valence-corrected chi connectivity index (χ0v) is 8.68. The van der Waals surface area contributed by atoms with Gasteiger partial charge in [-0.2, -0.15) is 5.10 Å². The molecule has 0 fully saturated rings. The Morgan fingerprint density at radius 1 is 1.60 bits per heavy atom. The highest BCUT2D eigenvalue weighted by atomic mass is 16.2. The first-order valence-corrected chi connectivity index (χ1v) is 4.94. The monoisotopic (exact) mass is 209 g/mol. The maximum Gasteiger partial charge on any atom is 0.249 e. The highest BCUT2D eigenvalue weighted by Crippen LogP contribution is 2.00. The molecule has 1 amide bonds. The Morgan fingerprint density at radius 2 is 2.40 bits per heavy atom. The molecular formula is C9H15N5O. The summed E-state index contributed by atoms with van der Waals surface area (Å²) in [5, 5.41) is 9.73. The largest absolute Gasteiger partial charge is 0.320 e. The van der Waals surface area contributed by atoms with Crippen molar-refractivity contribution in [3.63, 3.8) is 0 Å². The molecule has 0 radical (unpaired) electrons. The van der Waals surface area contributed by atoms with Crippen molar-refractivity contribution in [1.82, 2.24) is 15.2 Å². The molecule has 3 N–H and O–H groups in total. The number of aromatic nitrogens is 3. The first-order chi connectivity index (χ1) is 7.24. The van der Waals surface area contributed by atoms with E-state index < -0.39 is 6.04 Å². The molecule has 82 valence electrons. The normalized spacial score (nSPS) is 12.1. The standard InChI is InChI=1S/C9H15N5O/c1-2-3-4-7(10)8(15)13-9-11-5-6-12-14-9/h5-7H,2-4,10H2,1H3,(H,11,13,14,15). The number of nitrogens with two attached hydrogens (primary N) is 1. The molecule has 1 unspecified atom stereocenters. The second-order valence-electron chi connectivity index (χ2n) is 3.20. The number of carbonyl (C=O) groups is 1. The fourth-order valence-electron chi connectivity index (χ4n) is 1.06. The molecule has 6 nitrogen and oxygen atoms in total. The Bertz CT molecular complexity index is 303. The second-order valence-corrected chi connectivity index (χ2v) is 3.20. The first kappa shape index (κ1) is 11.5. The molecule has 1 aromatic rings. The predicted octanol–water partition coefficient (Wildman–Crippen LogP) is 0.328. The van der Waals surface area contributed by atoms with Crippen LogP contribution < -0.4 is 11.1 Å². The fourth-order valence-corrected chi connectivity index (χ4v) is 1.06. The number of hydrogen-bond donors (Lipinski definition) is 2. The van der Waals surface area contributed by atoms with Crippen LogP contribution in [0.1, 0.15) is 26.2 Å². The summed E-state index contributed by atoms with van der Waals surface area (Å²) in [5.41, 5.74) is 5.66. The lowest BCUT2D eigenvalue weighted by Gasteiger charge is -2.09. The molecule has 6 heteroatoms. The Kier molecular flexibility index (Phi) is 4.62. The summed E-state index contributed by atoms with van der Waals surface area (Å²) in [4.78, 5) is 15.3. The molecule has 1 rings (SSSR count). The SMILES string of the molecule is CCCCC(N)C(=O)Nc1nccnn1. The molecule has 0 spiro atoms. The van der Waals surface area contributed by atoms with Crippen LogP contribution in [0.25, 0.3) is 0 Å². The van der Waals surface area contributed by atoms with Gasteiger partial charge < -0.3 is 5.73 Å². The van der Waals surface area contributed by atoms with E-state index in [-0.39, 0.29) is 11.9 Å². The molecule has 1 aromatic heterocycles. The lowest BCUT2D eigenvalue weighted by molar-refractivity contribution is -0.117. The highest BCUT2D eigenvalue weighted by Gasteiger charge is 2.13. The minimum absolute atomic E-state index is 0.189. The third-order valence-electron chi connectivity index (χ3n) is 1.92. The molecule has 0 saturated carbocycles. The molecule has 0 aliphatic rings. The van der Waals surface area contributed by atoms with Gasteiger partial charge in [-0.25, -0.2) is 4.98 Å². The van der Waals surface area contributed by atoms with E-state index in [0.717, 1.165) is 12.8 Å². The van der Waals surface area contributed by atoms with Crippen LogP contribution in [0.15, 0.2) is 12.4 Å². The second kappa shape index (κ2) is 6.02. The Hall–Kier alpha value is -1.56. The van der Waals surface area contributed by atoms with Gasteiger partial charge in [0.25, 0.3) is 0 Å². The average molecular weight is 209 g/mol. The minimum atomic E-state index is -0.506. The lowest BCUT2D eigenvalue weighted by atomic mass is 10.1. The molecule has 0 aromatic carbocycles. The van der Waals surface area contributed by atoms with Crippen molar-refractivity contribution in [3.05, 3.63) is 12.4 Å². The lowest BCUT2D eigenvalue weighted by Crippen LogP contribution is -2.36. The molecule has 0 aliphatic carbocycles. The van der Waals surface area contributed by atoms with Gasteiger partial charge in [0.1, 0.15) is 0 Å². The number of unbranched alkanes of at least 4 members (excludes halogenated alkanes) is 1. The maximum absolute atomic E-state index is 11.5. The van der Waals surface area contributed by atoms with Gasteiger partial charge >= 0.3 is 0 Å². The number of amides is 1. The van der Waals surface area contributed by atoms with Crippen molar-refractivity contribution >= 4 is 11.9 Å². The van der Waals surface area contributed by atoms with E-state index in [1.807, 2.05) is 0 Å². The molecule has 15 heavy (non-hydrogen) atoms. The smallest absolute Gasteiger partial charge is 0.249 e. The van der Waals surface area contributed by atoms with Crippen molar-refractivity contribution in [2.24, 2.45) is 5.73 Å². The Balaban J connectivity index is 2.42. The Morgan fingerprint density at radius 3 is 3.00 bits per heavy atom. The van der Waals surface area contributed by atoms with Crippen LogP contribution in [-0.4, -0.2) is 27.1 Å². The molecule has 0 aliphatic heterocycles. The highest BCUT2D eigenvalue weighted by molar-refractivity contribution is 5.93. The summed E-state index contributed by atoms with van der Waals surface area (Å²) in [6, 6.07) is -0.506. The summed E-state index contributed by atoms with van der Waals surface area (Å²) >= 11 is 0. The van der Waals surface area contributed by atoms with Gasteiger partial charge in [-0.1, -0.05) is 19.8 Å². The van der Waals surface area contributed by atoms with Crippen molar-refractivity contribution in [1.29, 1.82) is 0 Å². The van der Waals surface area contributed by atoms with Crippen LogP contribution in [0, 0.1) is 0 Å². The Labute approximate surface area is 88.3 Å². The molecule has 1 heterocycles. The molecule has 0 saturated heterocycles. The zero-order chi connectivity index (χ0) is 11.1. The molecule has 1 atom stereocenters. The average Bonchev–Trinajstić information content (AvgIpc) is 2.27. The van der Waals surface area contributed by atoms with Crippen LogP contribution in [0.5, 0.6) is 0 Å². The predicted molar refractivity (Wildman–Crippen MR) is 56.0 cm³/mol. The topological polar surface area (TPSA) is 93.8 Å². The van der Waals surface area contributed by atoms with Crippen LogP contribution >= 0.6 is 0 Å². The van der Waals surface area contributed by atoms with E-state index in [0.29, 0.717) is 6.42 Å². The van der Waals surface area contributed by atoms with Gasteiger partial charge in [-0.15, -0.1) is 5.10 Å². The van der Waals surface area contributed by atoms with Gasteiger partial charge in [-0.3, -0.25) is 10.1 Å². The van der Waals surface area contributed by atoms with E-state index in [1.54, 1.807) is 0 Å². The third kappa shape index (κ3) is 3.99. The summed E-state index contributed by atoms with van der Waals surface area (Å²) < 4.78 is 0. The van der Waals surface area contributed by atoms with Gasteiger partial charge in [0.05, 0.1) is 18.4 Å². The third-order valence-corrected chi connectivity index (χ3v) is 1.92. The summed E-state index contributed by atoms with van der Waals surface area (Å²) in [7, 11) is 0. The van der Waals surface area contributed by atoms with E-state index in [9.17, 15) is 4.79 Å². The fraction of sp³-hybridized carbons (Fsp3) is 0.556. The van der Waals surface area contributed by atoms with Crippen molar-refractivity contribution in [2.75, 3.05) is 5.32 Å². The van der Waals surface area contributed by atoms with Gasteiger partial charge in [0.2, 0.25) is 11.9 Å². The number of nitrogens with one attached hydrogen (secondary N) is 1. The first-order valence-electron chi connectivity index (χ1n) is 4.94. The maximum atomic E-state index is 11.5. The summed E-state index contributed by atoms with van der Waals surface area (Å²) in [6.45, 7) is 2.05. The van der Waals surface area contributed by atoms with Crippen molar-refractivity contribution in [2.45, 2.75) is 32.2 Å². The number of anilines is 1. The minimum Gasteiger partial charge on any atom is -0.320 e. The van der Waals surface area contributed by atoms with E-state index in [2.05, 4.69) is 27.4 Å². The number of rotatable bonds is 5. The number of carbonyl (C=O) groups excluding carboxylic acids is 1. The van der Waals surface area contributed by atoms with Crippen LogP contribution in [0.4, 0.5) is 5.95 Å². The van der Waals surface area contributed by atoms with Crippen LogP contribution in [0.2, 0.25) is 0 Å².